The third kappa shape index (κ3) is 4.01. The van der Waals surface area contributed by atoms with E-state index in [2.05, 4.69) is 20.7 Å². The van der Waals surface area contributed by atoms with Gasteiger partial charge in [0.25, 0.3) is 5.91 Å². The SMILES string of the molecule is CCc1nnc(NC(=O)c2ccccc2SCc2cc(C)on2)s1. The molecular formula is C16H16N4O2S2. The number of nitrogens with one attached hydrogen (secondary N) is 1. The summed E-state index contributed by atoms with van der Waals surface area (Å²) < 4.78 is 5.07. The van der Waals surface area contributed by atoms with Crippen molar-refractivity contribution in [2.24, 2.45) is 0 Å². The molecular weight excluding hydrogens is 344 g/mol. The van der Waals surface area contributed by atoms with E-state index in [1.807, 2.05) is 38.1 Å². The molecule has 0 unspecified atom stereocenters. The average molecular weight is 360 g/mol. The maximum absolute atomic E-state index is 12.5. The Morgan fingerprint density at radius 2 is 2.17 bits per heavy atom. The monoisotopic (exact) mass is 360 g/mol. The molecule has 24 heavy (non-hydrogen) atoms. The summed E-state index contributed by atoms with van der Waals surface area (Å²) >= 11 is 2.94. The second-order valence-corrected chi connectivity index (χ2v) is 7.10. The predicted octanol–water partition coefficient (Wildman–Crippen LogP) is 3.94. The van der Waals surface area contributed by atoms with Crippen molar-refractivity contribution >= 4 is 34.1 Å². The summed E-state index contributed by atoms with van der Waals surface area (Å²) in [6.45, 7) is 3.86. The molecule has 124 valence electrons. The smallest absolute Gasteiger partial charge is 0.258 e. The van der Waals surface area contributed by atoms with Crippen molar-refractivity contribution in [3.8, 4) is 0 Å². The summed E-state index contributed by atoms with van der Waals surface area (Å²) in [5, 5.41) is 16.2. The fourth-order valence-electron chi connectivity index (χ4n) is 2.03. The van der Waals surface area contributed by atoms with Gasteiger partial charge in [0.05, 0.1) is 11.3 Å². The van der Waals surface area contributed by atoms with Crippen molar-refractivity contribution in [1.29, 1.82) is 0 Å². The van der Waals surface area contributed by atoms with Gasteiger partial charge in [-0.15, -0.1) is 22.0 Å². The number of carbonyl (C=O) groups is 1. The van der Waals surface area contributed by atoms with E-state index < -0.39 is 0 Å². The Morgan fingerprint density at radius 1 is 1.33 bits per heavy atom. The predicted molar refractivity (Wildman–Crippen MR) is 94.5 cm³/mol. The highest BCUT2D eigenvalue weighted by molar-refractivity contribution is 7.98. The van der Waals surface area contributed by atoms with Crippen LogP contribution in [0.5, 0.6) is 0 Å². The maximum Gasteiger partial charge on any atom is 0.258 e. The molecule has 0 radical (unpaired) electrons. The Hall–Kier alpha value is -2.19. The molecule has 0 spiro atoms. The Labute approximate surface area is 147 Å². The second-order valence-electron chi connectivity index (χ2n) is 5.02. The first-order chi connectivity index (χ1) is 11.7. The van der Waals surface area contributed by atoms with E-state index in [4.69, 9.17) is 4.52 Å². The van der Waals surface area contributed by atoms with Crippen molar-refractivity contribution in [3.63, 3.8) is 0 Å². The fraction of sp³-hybridized carbons (Fsp3) is 0.250. The van der Waals surface area contributed by atoms with Crippen molar-refractivity contribution in [3.05, 3.63) is 52.4 Å². The summed E-state index contributed by atoms with van der Waals surface area (Å²) in [5.41, 5.74) is 1.46. The van der Waals surface area contributed by atoms with E-state index in [0.29, 0.717) is 16.4 Å². The normalized spacial score (nSPS) is 10.8. The molecule has 0 atom stereocenters. The molecule has 1 N–H and O–H groups in total. The molecule has 0 saturated carbocycles. The number of benzene rings is 1. The number of aryl methyl sites for hydroxylation is 2. The number of aromatic nitrogens is 3. The van der Waals surface area contributed by atoms with E-state index in [9.17, 15) is 4.79 Å². The lowest BCUT2D eigenvalue weighted by Gasteiger charge is -2.07. The summed E-state index contributed by atoms with van der Waals surface area (Å²) in [4.78, 5) is 13.4. The molecule has 0 fully saturated rings. The quantitative estimate of drug-likeness (QED) is 0.671. The summed E-state index contributed by atoms with van der Waals surface area (Å²) in [6, 6.07) is 9.37. The number of amides is 1. The highest BCUT2D eigenvalue weighted by atomic mass is 32.2. The van der Waals surface area contributed by atoms with Gasteiger partial charge >= 0.3 is 0 Å². The molecule has 2 heterocycles. The van der Waals surface area contributed by atoms with Gasteiger partial charge in [0.15, 0.2) is 0 Å². The number of carbonyl (C=O) groups excluding carboxylic acids is 1. The molecule has 1 aromatic carbocycles. The lowest BCUT2D eigenvalue weighted by molar-refractivity contribution is 0.102. The van der Waals surface area contributed by atoms with Crippen LogP contribution in [0.4, 0.5) is 5.13 Å². The van der Waals surface area contributed by atoms with Crippen LogP contribution in [0.1, 0.15) is 33.7 Å². The molecule has 0 aliphatic heterocycles. The zero-order valence-corrected chi connectivity index (χ0v) is 14.9. The standard InChI is InChI=1S/C16H16N4O2S2/c1-3-14-18-19-16(24-14)17-15(21)12-6-4-5-7-13(12)23-9-11-8-10(2)22-20-11/h4-8H,3,9H2,1-2H3,(H,17,19,21). The van der Waals surface area contributed by atoms with Crippen molar-refractivity contribution < 1.29 is 9.32 Å². The highest BCUT2D eigenvalue weighted by Crippen LogP contribution is 2.27. The number of hydrogen-bond acceptors (Lipinski definition) is 7. The number of anilines is 1. The molecule has 2 aromatic heterocycles. The van der Waals surface area contributed by atoms with Crippen LogP contribution < -0.4 is 5.32 Å². The molecule has 3 rings (SSSR count). The molecule has 1 amide bonds. The van der Waals surface area contributed by atoms with Crippen LogP contribution in [0.15, 0.2) is 39.8 Å². The minimum absolute atomic E-state index is 0.187. The van der Waals surface area contributed by atoms with Crippen LogP contribution in [0.2, 0.25) is 0 Å². The van der Waals surface area contributed by atoms with Gasteiger partial charge in [-0.2, -0.15) is 0 Å². The maximum atomic E-state index is 12.5. The van der Waals surface area contributed by atoms with Crippen LogP contribution in [0.3, 0.4) is 0 Å². The second kappa shape index (κ2) is 7.59. The van der Waals surface area contributed by atoms with Gasteiger partial charge in [0.1, 0.15) is 10.8 Å². The first kappa shape index (κ1) is 16.7. The third-order valence-electron chi connectivity index (χ3n) is 3.17. The summed E-state index contributed by atoms with van der Waals surface area (Å²) in [7, 11) is 0. The Kier molecular flexibility index (Phi) is 5.27. The number of thioether (sulfide) groups is 1. The first-order valence-electron chi connectivity index (χ1n) is 7.43. The van der Waals surface area contributed by atoms with E-state index in [1.165, 1.54) is 11.3 Å². The molecule has 6 nitrogen and oxygen atoms in total. The Balaban J connectivity index is 1.71. The van der Waals surface area contributed by atoms with Crippen LogP contribution in [0, 0.1) is 6.92 Å². The molecule has 0 bridgehead atoms. The molecule has 0 aliphatic rings. The van der Waals surface area contributed by atoms with E-state index in [-0.39, 0.29) is 5.91 Å². The number of rotatable bonds is 6. The van der Waals surface area contributed by atoms with Crippen molar-refractivity contribution in [2.75, 3.05) is 5.32 Å². The highest BCUT2D eigenvalue weighted by Gasteiger charge is 2.14. The zero-order chi connectivity index (χ0) is 16.9. The van der Waals surface area contributed by atoms with Crippen LogP contribution in [-0.4, -0.2) is 21.3 Å². The summed E-state index contributed by atoms with van der Waals surface area (Å²) in [6.07, 6.45) is 0.803. The topological polar surface area (TPSA) is 80.9 Å². The minimum atomic E-state index is -0.187. The molecule has 0 saturated heterocycles. The largest absolute Gasteiger partial charge is 0.361 e. The van der Waals surface area contributed by atoms with Gasteiger partial charge in [-0.3, -0.25) is 10.1 Å². The van der Waals surface area contributed by atoms with Gasteiger partial charge in [-0.05, 0) is 25.5 Å². The molecule has 8 heteroatoms. The van der Waals surface area contributed by atoms with Crippen molar-refractivity contribution in [1.82, 2.24) is 15.4 Å². The Morgan fingerprint density at radius 3 is 2.88 bits per heavy atom. The lowest BCUT2D eigenvalue weighted by atomic mass is 10.2. The van der Waals surface area contributed by atoms with Crippen LogP contribution >= 0.6 is 23.1 Å². The van der Waals surface area contributed by atoms with Crippen LogP contribution in [-0.2, 0) is 12.2 Å². The van der Waals surface area contributed by atoms with E-state index in [0.717, 1.165) is 27.8 Å². The van der Waals surface area contributed by atoms with E-state index in [1.54, 1.807) is 17.8 Å². The average Bonchev–Trinajstić information content (AvgIpc) is 3.22. The zero-order valence-electron chi connectivity index (χ0n) is 13.3. The number of hydrogen-bond donors (Lipinski definition) is 1. The van der Waals surface area contributed by atoms with Gasteiger partial charge < -0.3 is 4.52 Å². The lowest BCUT2D eigenvalue weighted by Crippen LogP contribution is -2.12. The minimum Gasteiger partial charge on any atom is -0.361 e. The third-order valence-corrected chi connectivity index (χ3v) is 5.26. The molecule has 0 aliphatic carbocycles. The fourth-order valence-corrected chi connectivity index (χ4v) is 3.63. The summed E-state index contributed by atoms with van der Waals surface area (Å²) in [5.74, 6) is 1.23. The molecule has 3 aromatic rings. The number of nitrogens with zero attached hydrogens (tertiary/aromatic N) is 3. The van der Waals surface area contributed by atoms with Gasteiger partial charge in [-0.1, -0.05) is 35.5 Å². The van der Waals surface area contributed by atoms with Gasteiger partial charge in [-0.25, -0.2) is 0 Å². The van der Waals surface area contributed by atoms with E-state index >= 15 is 0 Å². The Bertz CT molecular complexity index is 844. The van der Waals surface area contributed by atoms with Gasteiger partial charge in [0.2, 0.25) is 5.13 Å². The van der Waals surface area contributed by atoms with Gasteiger partial charge in [0, 0.05) is 16.7 Å². The van der Waals surface area contributed by atoms with Crippen LogP contribution in [0.25, 0.3) is 0 Å². The van der Waals surface area contributed by atoms with Crippen molar-refractivity contribution in [2.45, 2.75) is 30.9 Å². The first-order valence-corrected chi connectivity index (χ1v) is 9.23.